The lowest BCUT2D eigenvalue weighted by molar-refractivity contribution is -0.150. The van der Waals surface area contributed by atoms with Crippen molar-refractivity contribution < 1.29 is 24.2 Å². The molecular formula is C19H26N2O5. The van der Waals surface area contributed by atoms with Crippen molar-refractivity contribution in [2.24, 2.45) is 5.92 Å². The predicted octanol–water partition coefficient (Wildman–Crippen LogP) is 1.45. The lowest BCUT2D eigenvalue weighted by Crippen LogP contribution is -2.58. The summed E-state index contributed by atoms with van der Waals surface area (Å²) < 4.78 is 4.92. The van der Waals surface area contributed by atoms with Crippen LogP contribution in [0.5, 0.6) is 0 Å². The number of ether oxygens (including phenoxy) is 1. The van der Waals surface area contributed by atoms with Gasteiger partial charge in [-0.2, -0.15) is 0 Å². The SMILES string of the molecule is COCC(C)(NC(=O)C1CCCN(C(=O)c2ccc(C)cc2)C1)C(=O)O. The van der Waals surface area contributed by atoms with Crippen LogP contribution < -0.4 is 5.32 Å². The van der Waals surface area contributed by atoms with Gasteiger partial charge in [-0.3, -0.25) is 9.59 Å². The van der Waals surface area contributed by atoms with E-state index in [2.05, 4.69) is 5.32 Å². The minimum atomic E-state index is -1.49. The normalized spacial score (nSPS) is 19.5. The van der Waals surface area contributed by atoms with Gasteiger partial charge in [0.2, 0.25) is 5.91 Å². The van der Waals surface area contributed by atoms with Gasteiger partial charge in [0, 0.05) is 25.8 Å². The second-order valence-corrected chi connectivity index (χ2v) is 7.02. The van der Waals surface area contributed by atoms with Crippen molar-refractivity contribution in [3.05, 3.63) is 35.4 Å². The molecule has 7 nitrogen and oxygen atoms in total. The van der Waals surface area contributed by atoms with E-state index < -0.39 is 17.4 Å². The average molecular weight is 362 g/mol. The molecule has 2 rings (SSSR count). The van der Waals surface area contributed by atoms with Crippen LogP contribution >= 0.6 is 0 Å². The highest BCUT2D eigenvalue weighted by atomic mass is 16.5. The number of carboxylic acid groups (broad SMARTS) is 1. The molecule has 1 aliphatic rings. The lowest BCUT2D eigenvalue weighted by Gasteiger charge is -2.34. The van der Waals surface area contributed by atoms with Gasteiger partial charge in [0.25, 0.3) is 5.91 Å². The monoisotopic (exact) mass is 362 g/mol. The predicted molar refractivity (Wildman–Crippen MR) is 95.9 cm³/mol. The van der Waals surface area contributed by atoms with E-state index in [-0.39, 0.29) is 25.0 Å². The van der Waals surface area contributed by atoms with Crippen LogP contribution in [0.2, 0.25) is 0 Å². The number of rotatable bonds is 6. The van der Waals surface area contributed by atoms with E-state index >= 15 is 0 Å². The van der Waals surface area contributed by atoms with Crippen LogP contribution in [0.4, 0.5) is 0 Å². The summed E-state index contributed by atoms with van der Waals surface area (Å²) in [4.78, 5) is 38.3. The number of nitrogens with one attached hydrogen (secondary N) is 1. The van der Waals surface area contributed by atoms with E-state index in [1.54, 1.807) is 17.0 Å². The molecule has 0 spiro atoms. The number of aryl methyl sites for hydroxylation is 1. The number of benzene rings is 1. The molecule has 0 bridgehead atoms. The van der Waals surface area contributed by atoms with Crippen molar-refractivity contribution >= 4 is 17.8 Å². The molecule has 1 fully saturated rings. The van der Waals surface area contributed by atoms with Gasteiger partial charge in [0.1, 0.15) is 0 Å². The van der Waals surface area contributed by atoms with E-state index in [9.17, 15) is 19.5 Å². The summed E-state index contributed by atoms with van der Waals surface area (Å²) >= 11 is 0. The molecule has 2 atom stereocenters. The largest absolute Gasteiger partial charge is 0.479 e. The molecule has 0 saturated carbocycles. The average Bonchev–Trinajstić information content (AvgIpc) is 2.62. The summed E-state index contributed by atoms with van der Waals surface area (Å²) in [5.74, 6) is -2.07. The smallest absolute Gasteiger partial charge is 0.331 e. The molecule has 142 valence electrons. The minimum absolute atomic E-state index is 0.111. The Morgan fingerprint density at radius 2 is 1.96 bits per heavy atom. The zero-order valence-corrected chi connectivity index (χ0v) is 15.4. The molecule has 1 aromatic carbocycles. The van der Waals surface area contributed by atoms with E-state index in [1.165, 1.54) is 14.0 Å². The Kier molecular flexibility index (Phi) is 6.37. The molecule has 26 heavy (non-hydrogen) atoms. The highest BCUT2D eigenvalue weighted by Crippen LogP contribution is 2.20. The number of carboxylic acids is 1. The van der Waals surface area contributed by atoms with Gasteiger partial charge in [-0.25, -0.2) is 4.79 Å². The number of likely N-dealkylation sites (tertiary alicyclic amines) is 1. The van der Waals surface area contributed by atoms with E-state index in [1.807, 2.05) is 19.1 Å². The summed E-state index contributed by atoms with van der Waals surface area (Å²) in [6, 6.07) is 7.32. The number of methoxy groups -OCH3 is 1. The molecule has 1 aliphatic heterocycles. The van der Waals surface area contributed by atoms with Crippen LogP contribution in [0.25, 0.3) is 0 Å². The number of hydrogen-bond donors (Lipinski definition) is 2. The molecule has 7 heteroatoms. The lowest BCUT2D eigenvalue weighted by atomic mass is 9.94. The second-order valence-electron chi connectivity index (χ2n) is 7.02. The Bertz CT molecular complexity index is 673. The van der Waals surface area contributed by atoms with Crippen molar-refractivity contribution in [3.63, 3.8) is 0 Å². The fourth-order valence-electron chi connectivity index (χ4n) is 3.07. The summed E-state index contributed by atoms with van der Waals surface area (Å²) in [5, 5.41) is 11.9. The van der Waals surface area contributed by atoms with Crippen LogP contribution in [0.15, 0.2) is 24.3 Å². The van der Waals surface area contributed by atoms with Gasteiger partial charge in [-0.1, -0.05) is 17.7 Å². The van der Waals surface area contributed by atoms with Gasteiger partial charge >= 0.3 is 5.97 Å². The Labute approximate surface area is 153 Å². The molecule has 1 heterocycles. The molecule has 1 aromatic rings. The highest BCUT2D eigenvalue weighted by Gasteiger charge is 2.38. The molecule has 0 aromatic heterocycles. The third-order valence-electron chi connectivity index (χ3n) is 4.68. The first kappa shape index (κ1) is 19.9. The molecule has 2 N–H and O–H groups in total. The number of piperidine rings is 1. The summed E-state index contributed by atoms with van der Waals surface area (Å²) in [7, 11) is 1.38. The van der Waals surface area contributed by atoms with Gasteiger partial charge in [0.05, 0.1) is 12.5 Å². The molecule has 0 aliphatic carbocycles. The van der Waals surface area contributed by atoms with Crippen LogP contribution in [-0.4, -0.2) is 60.1 Å². The van der Waals surface area contributed by atoms with Crippen LogP contribution in [-0.2, 0) is 14.3 Å². The third-order valence-corrected chi connectivity index (χ3v) is 4.68. The molecule has 2 amide bonds. The summed E-state index contributed by atoms with van der Waals surface area (Å²) in [6.07, 6.45) is 1.32. The van der Waals surface area contributed by atoms with E-state index in [0.717, 1.165) is 5.56 Å². The van der Waals surface area contributed by atoms with Crippen LogP contribution in [0.3, 0.4) is 0 Å². The van der Waals surface area contributed by atoms with Gasteiger partial charge in [0.15, 0.2) is 5.54 Å². The van der Waals surface area contributed by atoms with Gasteiger partial charge < -0.3 is 20.1 Å². The Morgan fingerprint density at radius 3 is 2.54 bits per heavy atom. The quantitative estimate of drug-likeness (QED) is 0.799. The number of aliphatic carboxylic acids is 1. The van der Waals surface area contributed by atoms with E-state index in [0.29, 0.717) is 24.9 Å². The maximum atomic E-state index is 12.7. The minimum Gasteiger partial charge on any atom is -0.479 e. The first-order chi connectivity index (χ1) is 12.3. The fraction of sp³-hybridized carbons (Fsp3) is 0.526. The molecule has 2 unspecified atom stereocenters. The number of carbonyl (C=O) groups excluding carboxylic acids is 2. The Hall–Kier alpha value is -2.41. The fourth-order valence-corrected chi connectivity index (χ4v) is 3.07. The van der Waals surface area contributed by atoms with Gasteiger partial charge in [-0.05, 0) is 38.8 Å². The Balaban J connectivity index is 2.05. The number of hydrogen-bond acceptors (Lipinski definition) is 4. The second kappa shape index (κ2) is 8.31. The third kappa shape index (κ3) is 4.60. The Morgan fingerprint density at radius 1 is 1.31 bits per heavy atom. The first-order valence-corrected chi connectivity index (χ1v) is 8.67. The number of carbonyl (C=O) groups is 3. The van der Waals surface area contributed by atoms with Crippen molar-refractivity contribution in [2.75, 3.05) is 26.8 Å². The van der Waals surface area contributed by atoms with Crippen molar-refractivity contribution in [2.45, 2.75) is 32.2 Å². The topological polar surface area (TPSA) is 95.9 Å². The number of amides is 2. The molecular weight excluding hydrogens is 336 g/mol. The van der Waals surface area contributed by atoms with Crippen molar-refractivity contribution in [3.8, 4) is 0 Å². The maximum absolute atomic E-state index is 12.7. The van der Waals surface area contributed by atoms with E-state index in [4.69, 9.17) is 4.74 Å². The summed E-state index contributed by atoms with van der Waals surface area (Å²) in [6.45, 7) is 4.10. The highest BCUT2D eigenvalue weighted by molar-refractivity contribution is 5.95. The molecule has 0 radical (unpaired) electrons. The standard InChI is InChI=1S/C19H26N2O5/c1-13-6-8-14(9-7-13)17(23)21-10-4-5-15(11-21)16(22)20-19(2,12-26-3)18(24)25/h6-9,15H,4-5,10-12H2,1-3H3,(H,20,22)(H,24,25). The zero-order chi connectivity index (χ0) is 19.3. The van der Waals surface area contributed by atoms with Crippen molar-refractivity contribution in [1.82, 2.24) is 10.2 Å². The summed E-state index contributed by atoms with van der Waals surface area (Å²) in [5.41, 5.74) is 0.171. The van der Waals surface area contributed by atoms with Gasteiger partial charge in [-0.15, -0.1) is 0 Å². The number of nitrogens with zero attached hydrogens (tertiary/aromatic N) is 1. The van der Waals surface area contributed by atoms with Crippen molar-refractivity contribution in [1.29, 1.82) is 0 Å². The molecule has 1 saturated heterocycles. The van der Waals surface area contributed by atoms with Crippen LogP contribution in [0, 0.1) is 12.8 Å². The van der Waals surface area contributed by atoms with Crippen LogP contribution in [0.1, 0.15) is 35.7 Å². The zero-order valence-electron chi connectivity index (χ0n) is 15.4. The maximum Gasteiger partial charge on any atom is 0.331 e. The first-order valence-electron chi connectivity index (χ1n) is 8.67.